The molecule has 2 heterocycles. The number of carbonyl (C=O) groups is 2. The van der Waals surface area contributed by atoms with E-state index >= 15 is 0 Å². The van der Waals surface area contributed by atoms with Crippen LogP contribution in [0.25, 0.3) is 21.8 Å². The number of imidazole rings is 1. The van der Waals surface area contributed by atoms with Crippen molar-refractivity contribution in [2.45, 2.75) is 0 Å². The summed E-state index contributed by atoms with van der Waals surface area (Å²) in [5, 5.41) is 3.99. The first-order valence-electron chi connectivity index (χ1n) is 10.9. The number of imide groups is 1. The zero-order valence-electron chi connectivity index (χ0n) is 18.7. The molecule has 0 spiro atoms. The maximum Gasteiger partial charge on any atom is 0.260 e. The second kappa shape index (κ2) is 7.45. The number of nitrogens with zero attached hydrogens (tertiary/aromatic N) is 3. The minimum atomic E-state index is -0.421. The van der Waals surface area contributed by atoms with Crippen molar-refractivity contribution in [2.24, 2.45) is 0 Å². The third-order valence-electron chi connectivity index (χ3n) is 6.18. The Morgan fingerprint density at radius 2 is 1.53 bits per heavy atom. The third kappa shape index (κ3) is 3.02. The highest BCUT2D eigenvalue weighted by atomic mass is 16.2. The summed E-state index contributed by atoms with van der Waals surface area (Å²) in [6.07, 6.45) is 0. The Morgan fingerprint density at radius 1 is 0.765 bits per heavy atom. The van der Waals surface area contributed by atoms with Gasteiger partial charge in [-0.3, -0.25) is 19.8 Å². The van der Waals surface area contributed by atoms with Crippen LogP contribution in [0.1, 0.15) is 20.7 Å². The van der Waals surface area contributed by atoms with Crippen LogP contribution in [0.15, 0.2) is 78.9 Å². The molecule has 1 aromatic heterocycles. The largest absolute Gasteiger partial charge is 0.378 e. The normalized spacial score (nSPS) is 12.8. The molecule has 7 nitrogen and oxygen atoms in total. The Kier molecular flexibility index (Phi) is 4.38. The van der Waals surface area contributed by atoms with Crippen LogP contribution in [0.5, 0.6) is 0 Å². The van der Waals surface area contributed by atoms with Gasteiger partial charge in [0.2, 0.25) is 5.95 Å². The van der Waals surface area contributed by atoms with E-state index in [1.54, 1.807) is 6.07 Å². The van der Waals surface area contributed by atoms with E-state index in [0.717, 1.165) is 27.8 Å². The number of aromatic nitrogens is 2. The fourth-order valence-corrected chi connectivity index (χ4v) is 4.53. The van der Waals surface area contributed by atoms with Gasteiger partial charge in [-0.15, -0.1) is 0 Å². The summed E-state index contributed by atoms with van der Waals surface area (Å²) in [5.41, 5.74) is 5.18. The number of H-pyrrole nitrogens is 1. The predicted octanol–water partition coefficient (Wildman–Crippen LogP) is 5.14. The zero-order valence-corrected chi connectivity index (χ0v) is 18.7. The van der Waals surface area contributed by atoms with Gasteiger partial charge >= 0.3 is 0 Å². The second-order valence-electron chi connectivity index (χ2n) is 8.47. The lowest BCUT2D eigenvalue weighted by Gasteiger charge is -2.28. The zero-order chi connectivity index (χ0) is 23.4. The van der Waals surface area contributed by atoms with E-state index in [0.29, 0.717) is 28.1 Å². The minimum absolute atomic E-state index is 0.383. The molecular weight excluding hydrogens is 426 g/mol. The van der Waals surface area contributed by atoms with Crippen molar-refractivity contribution in [1.29, 1.82) is 0 Å². The van der Waals surface area contributed by atoms with Gasteiger partial charge in [0.15, 0.2) is 0 Å². The number of hydrogen-bond donors (Lipinski definition) is 2. The van der Waals surface area contributed by atoms with Crippen molar-refractivity contribution in [3.63, 3.8) is 0 Å². The summed E-state index contributed by atoms with van der Waals surface area (Å²) < 4.78 is 0. The molecular formula is C27H21N5O2. The summed E-state index contributed by atoms with van der Waals surface area (Å²) >= 11 is 0. The van der Waals surface area contributed by atoms with Crippen LogP contribution in [0.2, 0.25) is 0 Å². The molecule has 0 saturated heterocycles. The Bertz CT molecular complexity index is 1570. The molecule has 0 saturated carbocycles. The van der Waals surface area contributed by atoms with Crippen molar-refractivity contribution >= 4 is 56.6 Å². The van der Waals surface area contributed by atoms with E-state index in [2.05, 4.69) is 10.3 Å². The molecule has 166 valence electrons. The molecule has 1 aliphatic rings. The summed E-state index contributed by atoms with van der Waals surface area (Å²) in [6, 6.07) is 25.2. The van der Waals surface area contributed by atoms with Crippen molar-refractivity contribution in [3.05, 3.63) is 90.0 Å². The topological polar surface area (TPSA) is 81.3 Å². The van der Waals surface area contributed by atoms with Gasteiger partial charge in [0.05, 0.1) is 22.3 Å². The summed E-state index contributed by atoms with van der Waals surface area (Å²) in [4.78, 5) is 37.9. The molecule has 4 aromatic carbocycles. The van der Waals surface area contributed by atoms with Crippen LogP contribution in [0, 0.1) is 0 Å². The molecule has 7 heteroatoms. The SMILES string of the molecule is CN(C)c1ccc(N(c2nc3ccccc3[nH]2)c2ccc3cccc4c3c2C(=O)NC4=O)cc1. The summed E-state index contributed by atoms with van der Waals surface area (Å²) in [6.45, 7) is 0. The number of aromatic amines is 1. The number of fused-ring (bicyclic) bond motifs is 1. The number of anilines is 4. The van der Waals surface area contributed by atoms with Gasteiger partial charge in [0, 0.05) is 36.4 Å². The van der Waals surface area contributed by atoms with Gasteiger partial charge in [-0.1, -0.05) is 30.3 Å². The quantitative estimate of drug-likeness (QED) is 0.373. The highest BCUT2D eigenvalue weighted by Crippen LogP contribution is 2.41. The predicted molar refractivity (Wildman–Crippen MR) is 134 cm³/mol. The molecule has 5 aromatic rings. The average molecular weight is 447 g/mol. The monoisotopic (exact) mass is 447 g/mol. The number of benzene rings is 4. The maximum atomic E-state index is 13.2. The van der Waals surface area contributed by atoms with Crippen LogP contribution in [-0.4, -0.2) is 35.9 Å². The van der Waals surface area contributed by atoms with E-state index in [1.165, 1.54) is 0 Å². The van der Waals surface area contributed by atoms with Crippen molar-refractivity contribution in [1.82, 2.24) is 15.3 Å². The molecule has 6 rings (SSSR count). The number of hydrogen-bond acceptors (Lipinski definition) is 5. The Balaban J connectivity index is 1.65. The van der Waals surface area contributed by atoms with Crippen LogP contribution >= 0.6 is 0 Å². The van der Waals surface area contributed by atoms with Gasteiger partial charge < -0.3 is 9.88 Å². The molecule has 0 unspecified atom stereocenters. The van der Waals surface area contributed by atoms with Gasteiger partial charge in [-0.25, -0.2) is 4.98 Å². The molecule has 34 heavy (non-hydrogen) atoms. The number of carbonyl (C=O) groups excluding carboxylic acids is 2. The van der Waals surface area contributed by atoms with Crippen LogP contribution in [-0.2, 0) is 0 Å². The average Bonchev–Trinajstić information content (AvgIpc) is 3.27. The first-order chi connectivity index (χ1) is 16.5. The molecule has 0 radical (unpaired) electrons. The second-order valence-corrected chi connectivity index (χ2v) is 8.47. The highest BCUT2D eigenvalue weighted by molar-refractivity contribution is 6.28. The lowest BCUT2D eigenvalue weighted by molar-refractivity contribution is 0.0845. The maximum absolute atomic E-state index is 13.2. The van der Waals surface area contributed by atoms with Crippen LogP contribution in [0.4, 0.5) is 23.0 Å². The molecule has 2 N–H and O–H groups in total. The number of rotatable bonds is 4. The van der Waals surface area contributed by atoms with Crippen molar-refractivity contribution in [2.75, 3.05) is 23.9 Å². The Morgan fingerprint density at radius 3 is 2.29 bits per heavy atom. The number of para-hydroxylation sites is 2. The fourth-order valence-electron chi connectivity index (χ4n) is 4.53. The molecule has 0 atom stereocenters. The third-order valence-corrected chi connectivity index (χ3v) is 6.18. The molecule has 0 bridgehead atoms. The summed E-state index contributed by atoms with van der Waals surface area (Å²) in [7, 11) is 3.98. The van der Waals surface area contributed by atoms with Crippen LogP contribution in [0.3, 0.4) is 0 Å². The highest BCUT2D eigenvalue weighted by Gasteiger charge is 2.31. The van der Waals surface area contributed by atoms with E-state index in [9.17, 15) is 9.59 Å². The smallest absolute Gasteiger partial charge is 0.260 e. The fraction of sp³-hybridized carbons (Fsp3) is 0.0741. The molecule has 0 aliphatic carbocycles. The standard InChI is InChI=1S/C27H21N5O2/c1-31(2)17-11-13-18(14-12-17)32(27-28-20-8-3-4-9-21(20)29-27)22-15-10-16-6-5-7-19-23(16)24(22)26(34)30-25(19)33/h3-15H,1-2H3,(H,28,29)(H,30,33,34). The molecule has 2 amide bonds. The molecule has 1 aliphatic heterocycles. The van der Waals surface area contributed by atoms with E-state index < -0.39 is 5.91 Å². The first kappa shape index (κ1) is 20.0. The first-order valence-corrected chi connectivity index (χ1v) is 10.9. The summed E-state index contributed by atoms with van der Waals surface area (Å²) in [5.74, 6) is -0.224. The number of amides is 2. The van der Waals surface area contributed by atoms with Crippen molar-refractivity contribution in [3.8, 4) is 0 Å². The lowest BCUT2D eigenvalue weighted by atomic mass is 9.93. The van der Waals surface area contributed by atoms with Gasteiger partial charge in [-0.05, 0) is 53.9 Å². The van der Waals surface area contributed by atoms with E-state index in [-0.39, 0.29) is 5.91 Å². The van der Waals surface area contributed by atoms with Gasteiger partial charge in [0.1, 0.15) is 0 Å². The van der Waals surface area contributed by atoms with Crippen LogP contribution < -0.4 is 15.1 Å². The van der Waals surface area contributed by atoms with E-state index in [1.807, 2.05) is 96.7 Å². The molecule has 0 fully saturated rings. The van der Waals surface area contributed by atoms with Gasteiger partial charge in [-0.2, -0.15) is 0 Å². The number of nitrogens with one attached hydrogen (secondary N) is 2. The van der Waals surface area contributed by atoms with E-state index in [4.69, 9.17) is 4.98 Å². The van der Waals surface area contributed by atoms with Gasteiger partial charge in [0.25, 0.3) is 11.8 Å². The lowest BCUT2D eigenvalue weighted by Crippen LogP contribution is -2.35. The Hall–Kier alpha value is -4.65. The Labute approximate surface area is 195 Å². The minimum Gasteiger partial charge on any atom is -0.378 e. The van der Waals surface area contributed by atoms with Crippen molar-refractivity contribution < 1.29 is 9.59 Å².